The van der Waals surface area contributed by atoms with E-state index in [2.05, 4.69) is 26.5 Å². The van der Waals surface area contributed by atoms with Crippen molar-refractivity contribution in [3.05, 3.63) is 93.2 Å². The average molecular weight is 456 g/mol. The lowest BCUT2D eigenvalue weighted by Crippen LogP contribution is -2.36. The van der Waals surface area contributed by atoms with Crippen LogP contribution in [0.15, 0.2) is 82.6 Å². The molecule has 1 aliphatic heterocycles. The maximum absolute atomic E-state index is 11.0. The van der Waals surface area contributed by atoms with E-state index >= 15 is 0 Å². The van der Waals surface area contributed by atoms with Gasteiger partial charge in [-0.15, -0.1) is 0 Å². The van der Waals surface area contributed by atoms with Crippen molar-refractivity contribution in [1.29, 1.82) is 0 Å². The predicted octanol–water partition coefficient (Wildman–Crippen LogP) is 5.00. The number of non-ortho nitro benzene ring substituents is 1. The van der Waals surface area contributed by atoms with Crippen molar-refractivity contribution < 1.29 is 9.66 Å². The van der Waals surface area contributed by atoms with Crippen LogP contribution in [-0.2, 0) is 4.74 Å². The summed E-state index contributed by atoms with van der Waals surface area (Å²) in [5, 5.41) is 16.5. The molecule has 0 saturated carbocycles. The molecular weight excluding hydrogens is 430 g/mol. The van der Waals surface area contributed by atoms with Crippen molar-refractivity contribution >= 4 is 34.7 Å². The standard InChI is InChI=1S/C26H25N5O3/c32-31(33)23-10-5-19(6-11-23)17-21-7-8-22(26(21)30-13-15-34-16-14-30)18-27-29-25-12-9-20-3-1-2-4-24(20)28-25/h1-6,9-12,17-18H,7-8,13-16H2,(H,28,29)/b21-17-,27-18+. The van der Waals surface area contributed by atoms with E-state index in [0.29, 0.717) is 19.0 Å². The van der Waals surface area contributed by atoms with Crippen LogP contribution >= 0.6 is 0 Å². The number of para-hydroxylation sites is 1. The molecule has 1 aromatic heterocycles. The number of ether oxygens (including phenoxy) is 1. The van der Waals surface area contributed by atoms with Gasteiger partial charge >= 0.3 is 0 Å². The summed E-state index contributed by atoms with van der Waals surface area (Å²) in [5.41, 5.74) is 8.58. The van der Waals surface area contributed by atoms with Gasteiger partial charge in [-0.2, -0.15) is 5.10 Å². The van der Waals surface area contributed by atoms with Crippen LogP contribution in [0.1, 0.15) is 18.4 Å². The van der Waals surface area contributed by atoms with Crippen LogP contribution in [0.4, 0.5) is 11.5 Å². The molecule has 172 valence electrons. The summed E-state index contributed by atoms with van der Waals surface area (Å²) >= 11 is 0. The number of fused-ring (bicyclic) bond motifs is 1. The zero-order chi connectivity index (χ0) is 23.3. The fraction of sp³-hybridized carbons (Fsp3) is 0.231. The number of hydrogen-bond donors (Lipinski definition) is 1. The van der Waals surface area contributed by atoms with Gasteiger partial charge < -0.3 is 9.64 Å². The quantitative estimate of drug-likeness (QED) is 0.319. The minimum atomic E-state index is -0.377. The van der Waals surface area contributed by atoms with Crippen LogP contribution < -0.4 is 5.43 Å². The van der Waals surface area contributed by atoms with Crippen molar-refractivity contribution in [1.82, 2.24) is 9.88 Å². The van der Waals surface area contributed by atoms with E-state index in [0.717, 1.165) is 48.0 Å². The maximum Gasteiger partial charge on any atom is 0.269 e. The van der Waals surface area contributed by atoms with Crippen molar-refractivity contribution in [2.75, 3.05) is 31.7 Å². The number of hydrogen-bond acceptors (Lipinski definition) is 7. The van der Waals surface area contributed by atoms with Crippen LogP contribution in [0, 0.1) is 10.1 Å². The highest BCUT2D eigenvalue weighted by Gasteiger charge is 2.25. The molecule has 0 atom stereocenters. The molecule has 5 rings (SSSR count). The number of nitro groups is 1. The van der Waals surface area contributed by atoms with Gasteiger partial charge in [-0.25, -0.2) is 4.98 Å². The molecule has 3 aromatic rings. The lowest BCUT2D eigenvalue weighted by molar-refractivity contribution is -0.384. The number of hydrazone groups is 1. The Morgan fingerprint density at radius 1 is 1.03 bits per heavy atom. The lowest BCUT2D eigenvalue weighted by Gasteiger charge is -2.31. The molecule has 0 radical (unpaired) electrons. The number of pyridine rings is 1. The number of aromatic nitrogens is 1. The number of morpholine rings is 1. The molecule has 8 heteroatoms. The highest BCUT2D eigenvalue weighted by atomic mass is 16.6. The molecule has 34 heavy (non-hydrogen) atoms. The van der Waals surface area contributed by atoms with Gasteiger partial charge in [0.05, 0.1) is 29.9 Å². The first-order valence-corrected chi connectivity index (χ1v) is 11.3. The predicted molar refractivity (Wildman–Crippen MR) is 134 cm³/mol. The number of nitrogens with zero attached hydrogens (tertiary/aromatic N) is 4. The molecule has 0 bridgehead atoms. The van der Waals surface area contributed by atoms with Crippen LogP contribution in [-0.4, -0.2) is 47.3 Å². The summed E-state index contributed by atoms with van der Waals surface area (Å²) in [6.07, 6.45) is 5.77. The molecule has 1 N–H and O–H groups in total. The lowest BCUT2D eigenvalue weighted by atomic mass is 10.1. The molecule has 1 aliphatic carbocycles. The highest BCUT2D eigenvalue weighted by molar-refractivity contribution is 5.85. The Kier molecular flexibility index (Phi) is 6.31. The van der Waals surface area contributed by atoms with Crippen molar-refractivity contribution in [3.63, 3.8) is 0 Å². The van der Waals surface area contributed by atoms with Gasteiger partial charge in [0.1, 0.15) is 5.82 Å². The number of benzene rings is 2. The van der Waals surface area contributed by atoms with Gasteiger partial charge in [0.2, 0.25) is 0 Å². The number of nitro benzene ring substituents is 1. The van der Waals surface area contributed by atoms with E-state index in [1.165, 1.54) is 11.3 Å². The Morgan fingerprint density at radius 2 is 1.82 bits per heavy atom. The SMILES string of the molecule is O=[N+]([O-])c1ccc(/C=C2/CCC(/C=N/Nc3ccc4ccccc4n3)=C2N2CCOCC2)cc1. The monoisotopic (exact) mass is 455 g/mol. The van der Waals surface area contributed by atoms with E-state index < -0.39 is 0 Å². The van der Waals surface area contributed by atoms with Crippen LogP contribution in [0.2, 0.25) is 0 Å². The molecule has 2 heterocycles. The van der Waals surface area contributed by atoms with Crippen molar-refractivity contribution in [2.45, 2.75) is 12.8 Å². The molecule has 0 amide bonds. The second kappa shape index (κ2) is 9.84. The number of rotatable bonds is 6. The molecule has 1 saturated heterocycles. The smallest absolute Gasteiger partial charge is 0.269 e. The molecule has 0 spiro atoms. The zero-order valence-electron chi connectivity index (χ0n) is 18.7. The molecule has 2 aromatic carbocycles. The molecule has 2 aliphatic rings. The Hall–Kier alpha value is -4.04. The van der Waals surface area contributed by atoms with Crippen LogP contribution in [0.5, 0.6) is 0 Å². The fourth-order valence-electron chi connectivity index (χ4n) is 4.37. The third-order valence-corrected chi connectivity index (χ3v) is 6.04. The minimum Gasteiger partial charge on any atom is -0.378 e. The van der Waals surface area contributed by atoms with E-state index in [-0.39, 0.29) is 10.6 Å². The van der Waals surface area contributed by atoms with Gasteiger partial charge in [0, 0.05) is 36.3 Å². The first kappa shape index (κ1) is 21.8. The molecule has 1 fully saturated rings. The summed E-state index contributed by atoms with van der Waals surface area (Å²) in [6, 6.07) is 18.6. The Bertz CT molecular complexity index is 1290. The molecule has 8 nitrogen and oxygen atoms in total. The first-order valence-electron chi connectivity index (χ1n) is 11.3. The Morgan fingerprint density at radius 3 is 2.62 bits per heavy atom. The van der Waals surface area contributed by atoms with Gasteiger partial charge in [0.15, 0.2) is 0 Å². The van der Waals surface area contributed by atoms with E-state index in [9.17, 15) is 10.1 Å². The minimum absolute atomic E-state index is 0.0960. The third-order valence-electron chi connectivity index (χ3n) is 6.04. The zero-order valence-corrected chi connectivity index (χ0v) is 18.7. The fourth-order valence-corrected chi connectivity index (χ4v) is 4.37. The Labute approximate surface area is 197 Å². The summed E-state index contributed by atoms with van der Waals surface area (Å²) in [6.45, 7) is 3.03. The Balaban J connectivity index is 1.40. The van der Waals surface area contributed by atoms with Crippen LogP contribution in [0.25, 0.3) is 17.0 Å². The van der Waals surface area contributed by atoms with Crippen LogP contribution in [0.3, 0.4) is 0 Å². The van der Waals surface area contributed by atoms with Gasteiger partial charge in [-0.1, -0.05) is 18.2 Å². The summed E-state index contributed by atoms with van der Waals surface area (Å²) in [5.74, 6) is 0.697. The van der Waals surface area contributed by atoms with Crippen molar-refractivity contribution in [3.8, 4) is 0 Å². The van der Waals surface area contributed by atoms with Crippen molar-refractivity contribution in [2.24, 2.45) is 5.10 Å². The summed E-state index contributed by atoms with van der Waals surface area (Å²) < 4.78 is 5.56. The van der Waals surface area contributed by atoms with E-state index in [1.54, 1.807) is 24.3 Å². The largest absolute Gasteiger partial charge is 0.378 e. The third kappa shape index (κ3) is 4.82. The molecular formula is C26H25N5O3. The second-order valence-corrected chi connectivity index (χ2v) is 8.25. The van der Waals surface area contributed by atoms with Gasteiger partial charge in [0.25, 0.3) is 5.69 Å². The van der Waals surface area contributed by atoms with E-state index in [4.69, 9.17) is 4.74 Å². The number of allylic oxidation sites excluding steroid dienone is 2. The first-order chi connectivity index (χ1) is 16.7. The topological polar surface area (TPSA) is 92.9 Å². The maximum atomic E-state index is 11.0. The van der Waals surface area contributed by atoms with Gasteiger partial charge in [-0.3, -0.25) is 15.5 Å². The summed E-state index contributed by atoms with van der Waals surface area (Å²) in [4.78, 5) is 17.5. The summed E-state index contributed by atoms with van der Waals surface area (Å²) in [7, 11) is 0. The van der Waals surface area contributed by atoms with E-state index in [1.807, 2.05) is 42.6 Å². The second-order valence-electron chi connectivity index (χ2n) is 8.25. The highest BCUT2D eigenvalue weighted by Crippen LogP contribution is 2.35. The normalized spacial score (nSPS) is 17.8. The number of anilines is 1. The number of nitrogens with one attached hydrogen (secondary N) is 1. The van der Waals surface area contributed by atoms with Gasteiger partial charge in [-0.05, 0) is 66.0 Å². The average Bonchev–Trinajstić information content (AvgIpc) is 3.27. The molecule has 0 unspecified atom stereocenters.